The number of sulfonamides is 1. The number of hydrogen-bond donors (Lipinski definition) is 2. The fraction of sp³-hybridized carbons (Fsp3) is 0.0714. The van der Waals surface area contributed by atoms with E-state index in [0.717, 1.165) is 15.6 Å². The maximum atomic E-state index is 13.4. The summed E-state index contributed by atoms with van der Waals surface area (Å²) in [5.74, 6) is -0.0584. The number of fused-ring (bicyclic) bond motifs is 1. The maximum Gasteiger partial charge on any atom is 0.263 e. The predicted octanol–water partition coefficient (Wildman–Crippen LogP) is 5.82. The zero-order valence-corrected chi connectivity index (χ0v) is 23.2. The summed E-state index contributed by atoms with van der Waals surface area (Å²) in [6, 6.07) is 22.5. The van der Waals surface area contributed by atoms with Crippen LogP contribution in [0.25, 0.3) is 22.2 Å². The highest BCUT2D eigenvalue weighted by Crippen LogP contribution is 2.28. The van der Waals surface area contributed by atoms with E-state index < -0.39 is 10.0 Å². The molecule has 0 unspecified atom stereocenters. The lowest BCUT2D eigenvalue weighted by Gasteiger charge is -2.12. The average Bonchev–Trinajstić information content (AvgIpc) is 2.93. The van der Waals surface area contributed by atoms with E-state index in [2.05, 4.69) is 35.9 Å². The molecule has 0 bridgehead atoms. The number of amides is 1. The highest BCUT2D eigenvalue weighted by Gasteiger charge is 2.18. The molecule has 0 aliphatic heterocycles. The lowest BCUT2D eigenvalue weighted by Crippen LogP contribution is -2.15. The van der Waals surface area contributed by atoms with Crippen molar-refractivity contribution in [3.8, 4) is 17.1 Å². The third-order valence-electron chi connectivity index (χ3n) is 5.88. The topological polar surface area (TPSA) is 123 Å². The Bertz CT molecular complexity index is 1790. The van der Waals surface area contributed by atoms with Gasteiger partial charge in [-0.15, -0.1) is 0 Å². The largest absolute Gasteiger partial charge is 0.481 e. The van der Waals surface area contributed by atoms with Crippen molar-refractivity contribution in [1.82, 2.24) is 15.0 Å². The van der Waals surface area contributed by atoms with Crippen molar-refractivity contribution < 1.29 is 17.9 Å². The Balaban J connectivity index is 1.42. The summed E-state index contributed by atoms with van der Waals surface area (Å²) >= 11 is 3.47. The molecular weight excluding hydrogens is 582 g/mol. The van der Waals surface area contributed by atoms with Crippen molar-refractivity contribution in [3.63, 3.8) is 0 Å². The maximum absolute atomic E-state index is 13.4. The highest BCUT2D eigenvalue weighted by molar-refractivity contribution is 9.10. The van der Waals surface area contributed by atoms with Gasteiger partial charge >= 0.3 is 0 Å². The first-order valence-corrected chi connectivity index (χ1v) is 14.0. The number of ether oxygens (including phenoxy) is 1. The van der Waals surface area contributed by atoms with Gasteiger partial charge in [0.1, 0.15) is 12.1 Å². The summed E-state index contributed by atoms with van der Waals surface area (Å²) in [7, 11) is -2.51. The van der Waals surface area contributed by atoms with Crippen molar-refractivity contribution in [2.24, 2.45) is 0 Å². The molecule has 2 N–H and O–H groups in total. The summed E-state index contributed by atoms with van der Waals surface area (Å²) in [6.45, 7) is 2.01. The van der Waals surface area contributed by atoms with Crippen LogP contribution in [0, 0.1) is 6.92 Å². The van der Waals surface area contributed by atoms with Gasteiger partial charge in [0.15, 0.2) is 0 Å². The Morgan fingerprint density at radius 2 is 1.67 bits per heavy atom. The molecule has 0 saturated carbocycles. The lowest BCUT2D eigenvalue weighted by atomic mass is 10.0. The van der Waals surface area contributed by atoms with Crippen LogP contribution in [-0.4, -0.2) is 36.4 Å². The van der Waals surface area contributed by atoms with Crippen LogP contribution in [-0.2, 0) is 10.0 Å². The number of halogens is 1. The van der Waals surface area contributed by atoms with Crippen LogP contribution >= 0.6 is 15.9 Å². The van der Waals surface area contributed by atoms with Gasteiger partial charge in [0.25, 0.3) is 15.9 Å². The second-order valence-electron chi connectivity index (χ2n) is 8.61. The molecular formula is C28H22BrN5O4S. The summed E-state index contributed by atoms with van der Waals surface area (Å²) in [5, 5.41) is 3.55. The minimum absolute atomic E-state index is 0.00183. The van der Waals surface area contributed by atoms with E-state index >= 15 is 0 Å². The third kappa shape index (κ3) is 5.89. The van der Waals surface area contributed by atoms with Crippen LogP contribution in [0.4, 0.5) is 11.5 Å². The number of pyridine rings is 1. The zero-order valence-electron chi connectivity index (χ0n) is 20.8. The molecule has 0 aliphatic carbocycles. The number of benzene rings is 3. The third-order valence-corrected chi connectivity index (χ3v) is 7.74. The van der Waals surface area contributed by atoms with E-state index in [1.165, 1.54) is 43.8 Å². The number of carbonyl (C=O) groups is 1. The number of rotatable bonds is 7. The molecule has 11 heteroatoms. The molecule has 5 rings (SSSR count). The average molecular weight is 604 g/mol. The zero-order chi connectivity index (χ0) is 27.6. The number of anilines is 2. The first kappa shape index (κ1) is 26.3. The number of nitrogens with one attached hydrogen (secondary N) is 2. The van der Waals surface area contributed by atoms with E-state index in [0.29, 0.717) is 27.8 Å². The van der Waals surface area contributed by atoms with Gasteiger partial charge in [-0.25, -0.2) is 23.4 Å². The predicted molar refractivity (Wildman–Crippen MR) is 153 cm³/mol. The van der Waals surface area contributed by atoms with Gasteiger partial charge < -0.3 is 10.1 Å². The van der Waals surface area contributed by atoms with Crippen molar-refractivity contribution in [3.05, 3.63) is 101 Å². The Labute approximate surface area is 233 Å². The Morgan fingerprint density at radius 3 is 2.38 bits per heavy atom. The molecule has 1 amide bonds. The van der Waals surface area contributed by atoms with E-state index in [4.69, 9.17) is 9.72 Å². The molecule has 0 spiro atoms. The van der Waals surface area contributed by atoms with Crippen LogP contribution < -0.4 is 14.8 Å². The molecule has 196 valence electrons. The summed E-state index contributed by atoms with van der Waals surface area (Å²) < 4.78 is 33.8. The fourth-order valence-electron chi connectivity index (χ4n) is 3.88. The molecule has 0 aliphatic rings. The van der Waals surface area contributed by atoms with Gasteiger partial charge in [0.2, 0.25) is 5.88 Å². The van der Waals surface area contributed by atoms with E-state index in [1.807, 2.05) is 49.4 Å². The first-order valence-electron chi connectivity index (χ1n) is 11.7. The standard InChI is InChI=1S/C28H22BrN5O4S/c1-17-3-5-18(6-4-17)25-14-23(22-13-19(29)7-12-24(22)33-25)28(35)32-20-8-10-21(11-9-20)39(36,37)34-26-15-27(38-2)31-16-30-26/h3-16H,1-2H3,(H,32,35)(H,30,31,34). The molecule has 0 saturated heterocycles. The number of aromatic nitrogens is 3. The lowest BCUT2D eigenvalue weighted by molar-refractivity contribution is 0.102. The fourth-order valence-corrected chi connectivity index (χ4v) is 5.24. The van der Waals surface area contributed by atoms with E-state index in [9.17, 15) is 13.2 Å². The molecule has 2 heterocycles. The van der Waals surface area contributed by atoms with Crippen LogP contribution in [0.15, 0.2) is 94.6 Å². The van der Waals surface area contributed by atoms with E-state index in [-0.39, 0.29) is 22.5 Å². The SMILES string of the molecule is COc1cc(NS(=O)(=O)c2ccc(NC(=O)c3cc(-c4ccc(C)cc4)nc4ccc(Br)cc34)cc2)ncn1. The van der Waals surface area contributed by atoms with Crippen LogP contribution in [0.2, 0.25) is 0 Å². The van der Waals surface area contributed by atoms with Gasteiger partial charge in [-0.3, -0.25) is 9.52 Å². The van der Waals surface area contributed by atoms with Gasteiger partial charge in [-0.2, -0.15) is 0 Å². The van der Waals surface area contributed by atoms with Gasteiger partial charge in [0, 0.05) is 27.2 Å². The van der Waals surface area contributed by atoms with Crippen molar-refractivity contribution in [2.75, 3.05) is 17.1 Å². The Hall–Kier alpha value is -4.35. The normalized spacial score (nSPS) is 11.3. The second kappa shape index (κ2) is 10.8. The van der Waals surface area contributed by atoms with Gasteiger partial charge in [-0.05, 0) is 55.5 Å². The molecule has 2 aromatic heterocycles. The number of carbonyl (C=O) groups excluding carboxylic acids is 1. The summed E-state index contributed by atoms with van der Waals surface area (Å²) in [4.78, 5) is 26.0. The number of methoxy groups -OCH3 is 1. The van der Waals surface area contributed by atoms with Gasteiger partial charge in [-0.1, -0.05) is 45.8 Å². The monoisotopic (exact) mass is 603 g/mol. The summed E-state index contributed by atoms with van der Waals surface area (Å²) in [5.41, 5.74) is 4.23. The number of aryl methyl sites for hydroxylation is 1. The van der Waals surface area contributed by atoms with Crippen molar-refractivity contribution in [1.29, 1.82) is 0 Å². The molecule has 5 aromatic rings. The molecule has 3 aromatic carbocycles. The molecule has 0 fully saturated rings. The van der Waals surface area contributed by atoms with Crippen LogP contribution in [0.1, 0.15) is 15.9 Å². The smallest absolute Gasteiger partial charge is 0.263 e. The second-order valence-corrected chi connectivity index (χ2v) is 11.2. The first-order chi connectivity index (χ1) is 18.7. The van der Waals surface area contributed by atoms with Crippen molar-refractivity contribution in [2.45, 2.75) is 11.8 Å². The molecule has 9 nitrogen and oxygen atoms in total. The summed E-state index contributed by atoms with van der Waals surface area (Å²) in [6.07, 6.45) is 1.20. The van der Waals surface area contributed by atoms with Gasteiger partial charge in [0.05, 0.1) is 28.8 Å². The molecule has 0 atom stereocenters. The molecule has 0 radical (unpaired) electrons. The number of hydrogen-bond acceptors (Lipinski definition) is 7. The van der Waals surface area contributed by atoms with Crippen molar-refractivity contribution >= 4 is 54.3 Å². The number of nitrogens with zero attached hydrogens (tertiary/aromatic N) is 3. The quantitative estimate of drug-likeness (QED) is 0.240. The Kier molecular flexibility index (Phi) is 7.27. The van der Waals surface area contributed by atoms with Crippen LogP contribution in [0.5, 0.6) is 5.88 Å². The minimum atomic E-state index is -3.93. The Morgan fingerprint density at radius 1 is 0.923 bits per heavy atom. The minimum Gasteiger partial charge on any atom is -0.481 e. The van der Waals surface area contributed by atoms with Crippen LogP contribution in [0.3, 0.4) is 0 Å². The highest BCUT2D eigenvalue weighted by atomic mass is 79.9. The van der Waals surface area contributed by atoms with E-state index in [1.54, 1.807) is 6.07 Å². The molecule has 39 heavy (non-hydrogen) atoms.